The van der Waals surface area contributed by atoms with Gasteiger partial charge in [0.2, 0.25) is 24.6 Å². The molecule has 6 rings (SSSR count). The Labute approximate surface area is 322 Å². The largest absolute Gasteiger partial charge is 0.393 e. The van der Waals surface area contributed by atoms with Gasteiger partial charge in [0.1, 0.15) is 17.2 Å². The third-order valence-corrected chi connectivity index (χ3v) is 11.3. The summed E-state index contributed by atoms with van der Waals surface area (Å²) in [4.78, 5) is 53.6. The number of hydrogen-bond acceptors (Lipinski definition) is 13. The molecule has 0 bridgehead atoms. The van der Waals surface area contributed by atoms with Gasteiger partial charge in [0, 0.05) is 18.6 Å². The van der Waals surface area contributed by atoms with E-state index in [9.17, 15) is 50.6 Å². The number of nitrogen functional groups attached to an aromatic ring is 2. The van der Waals surface area contributed by atoms with E-state index < -0.39 is 95.1 Å². The van der Waals surface area contributed by atoms with Crippen molar-refractivity contribution in [3.8, 4) is 0 Å². The van der Waals surface area contributed by atoms with Crippen LogP contribution in [-0.4, -0.2) is 99.4 Å². The maximum Gasteiger partial charge on any atom is 0.351 e. The van der Waals surface area contributed by atoms with Crippen LogP contribution in [0.4, 0.5) is 38.0 Å². The highest BCUT2D eigenvalue weighted by Crippen LogP contribution is 2.53. The number of rotatable bonds is 6. The number of aliphatic hydroxyl groups is 2. The van der Waals surface area contributed by atoms with Gasteiger partial charge in [0.05, 0.1) is 36.1 Å². The highest BCUT2D eigenvalue weighted by Gasteiger charge is 2.66. The van der Waals surface area contributed by atoms with E-state index in [1.807, 2.05) is 0 Å². The highest BCUT2D eigenvalue weighted by atomic mass is 19.3. The van der Waals surface area contributed by atoms with E-state index in [0.29, 0.717) is 17.4 Å². The highest BCUT2D eigenvalue weighted by molar-refractivity contribution is 6.06. The molecule has 1 amide bonds. The lowest BCUT2D eigenvalue weighted by atomic mass is 9.86. The van der Waals surface area contributed by atoms with Crippen LogP contribution in [0.1, 0.15) is 80.2 Å². The van der Waals surface area contributed by atoms with E-state index in [2.05, 4.69) is 9.97 Å². The number of anilines is 2. The number of aliphatic hydroxyl groups excluding tert-OH is 2. The monoisotopic (exact) mass is 823 g/mol. The van der Waals surface area contributed by atoms with Gasteiger partial charge in [-0.2, -0.15) is 18.7 Å². The summed E-state index contributed by atoms with van der Waals surface area (Å²) in [5.74, 6) is -13.2. The van der Waals surface area contributed by atoms with Crippen LogP contribution in [0.3, 0.4) is 0 Å². The summed E-state index contributed by atoms with van der Waals surface area (Å²) in [6.45, 7) is 9.95. The third-order valence-electron chi connectivity index (χ3n) is 11.3. The molecule has 16 nitrogen and oxygen atoms in total. The number of nitrogens with zero attached hydrogens (tertiary/aromatic N) is 5. The van der Waals surface area contributed by atoms with E-state index in [0.717, 1.165) is 40.9 Å². The van der Waals surface area contributed by atoms with Crippen LogP contribution in [0.15, 0.2) is 46.4 Å². The number of alkyl halides is 6. The van der Waals surface area contributed by atoms with Crippen LogP contribution in [0.25, 0.3) is 0 Å². The van der Waals surface area contributed by atoms with E-state index in [-0.39, 0.29) is 23.8 Å². The first-order chi connectivity index (χ1) is 26.2. The SMILES string of the molecule is CC[C@@]1(C)O[C@@H](N2C=CC(=O)CC2=O)C(F)(F)[C@@H]1C.CC[C@@]1(C)O[C@@H](n2ccc(N)nc2=O)C(F)(F)[C@@H]1C.C[C@]1(CO)O[C@@H](n2ccc(N)nc2=O)C(F)(F)[C@@H]1O. The van der Waals surface area contributed by atoms with Gasteiger partial charge in [-0.1, -0.05) is 27.7 Å². The molecule has 57 heavy (non-hydrogen) atoms. The molecule has 0 radical (unpaired) electrons. The van der Waals surface area contributed by atoms with E-state index in [4.69, 9.17) is 30.8 Å². The number of ether oxygens (including phenoxy) is 3. The van der Waals surface area contributed by atoms with Crippen molar-refractivity contribution >= 4 is 23.3 Å². The summed E-state index contributed by atoms with van der Waals surface area (Å²) < 4.78 is 102. The van der Waals surface area contributed by atoms with Crippen molar-refractivity contribution in [1.82, 2.24) is 24.0 Å². The van der Waals surface area contributed by atoms with E-state index in [1.54, 1.807) is 27.7 Å². The fourth-order valence-corrected chi connectivity index (χ4v) is 6.65. The summed E-state index contributed by atoms with van der Waals surface area (Å²) >= 11 is 0. The standard InChI is InChI=1S/C13H17F2NO3.C12H17F2N3O2.C10H13F2N3O4/c1-4-12(3)8(2)13(14,15)11(19-12)16-6-5-9(17)7-10(16)18;1-4-11(3)7(2)12(13,14)9(19-11)17-6-5-8(15)16-10(17)18;1-9(4-16)6(17)10(11,12)7(19-9)15-3-2-5(13)14-8(15)18/h5-6,8,11H,4,7H2,1-3H3;5-7,9H,4H2,1-3H3,(H2,15,16,18);2-3,6-7,16-17H,4H2,1H3,(H2,13,14,18)/t8-,11-,12-;7-,9-,11-;6-,7-,9-/m111/s1. The quantitative estimate of drug-likeness (QED) is 0.243. The van der Waals surface area contributed by atoms with E-state index >= 15 is 0 Å². The predicted octanol–water partition coefficient (Wildman–Crippen LogP) is 2.99. The molecule has 318 valence electrons. The van der Waals surface area contributed by atoms with Crippen molar-refractivity contribution in [3.63, 3.8) is 0 Å². The lowest BCUT2D eigenvalue weighted by Crippen LogP contribution is -2.48. The number of carbonyl (C=O) groups excluding carboxylic acids is 2. The Balaban J connectivity index is 0.000000189. The summed E-state index contributed by atoms with van der Waals surface area (Å²) in [5.41, 5.74) is 4.92. The molecule has 6 N–H and O–H groups in total. The fourth-order valence-electron chi connectivity index (χ4n) is 6.65. The molecule has 2 aromatic heterocycles. The van der Waals surface area contributed by atoms with Gasteiger partial charge < -0.3 is 35.9 Å². The molecular weight excluding hydrogens is 776 g/mol. The smallest absolute Gasteiger partial charge is 0.351 e. The molecule has 0 saturated carbocycles. The molecular formula is C35H47F6N7O9. The molecule has 0 aliphatic carbocycles. The molecule has 3 saturated heterocycles. The minimum atomic E-state index is -3.75. The number of ketones is 1. The van der Waals surface area contributed by atoms with Gasteiger partial charge in [0.15, 0.2) is 11.9 Å². The summed E-state index contributed by atoms with van der Waals surface area (Å²) in [6.07, 6.45) is -2.70. The van der Waals surface area contributed by atoms with Crippen LogP contribution in [0.5, 0.6) is 0 Å². The van der Waals surface area contributed by atoms with Crippen molar-refractivity contribution in [2.75, 3.05) is 18.1 Å². The second-order valence-electron chi connectivity index (χ2n) is 14.9. The van der Waals surface area contributed by atoms with Crippen LogP contribution >= 0.6 is 0 Å². The van der Waals surface area contributed by atoms with Crippen LogP contribution < -0.4 is 22.8 Å². The number of carbonyl (C=O) groups is 2. The summed E-state index contributed by atoms with van der Waals surface area (Å²) in [5, 5.41) is 18.6. The number of nitrogens with two attached hydrogens (primary N) is 2. The lowest BCUT2D eigenvalue weighted by Gasteiger charge is -2.31. The first-order valence-electron chi connectivity index (χ1n) is 17.8. The second-order valence-corrected chi connectivity index (χ2v) is 14.9. The Hall–Kier alpha value is -4.38. The van der Waals surface area contributed by atoms with Crippen molar-refractivity contribution in [2.45, 2.75) is 127 Å². The van der Waals surface area contributed by atoms with Crippen LogP contribution in [-0.2, 0) is 23.8 Å². The molecule has 6 heterocycles. The number of allylic oxidation sites excluding steroid dienone is 1. The maximum absolute atomic E-state index is 14.3. The van der Waals surface area contributed by atoms with Gasteiger partial charge >= 0.3 is 17.3 Å². The Morgan fingerprint density at radius 2 is 1.14 bits per heavy atom. The Kier molecular flexibility index (Phi) is 12.5. The van der Waals surface area contributed by atoms with Gasteiger partial charge in [-0.05, 0) is 51.8 Å². The minimum absolute atomic E-state index is 0.00568. The van der Waals surface area contributed by atoms with Crippen molar-refractivity contribution in [2.24, 2.45) is 11.8 Å². The molecule has 9 atom stereocenters. The average Bonchev–Trinajstić information content (AvgIpc) is 3.53. The third kappa shape index (κ3) is 8.18. The van der Waals surface area contributed by atoms with Crippen molar-refractivity contribution in [3.05, 3.63) is 57.8 Å². The van der Waals surface area contributed by atoms with Gasteiger partial charge in [0.25, 0.3) is 11.8 Å². The molecule has 2 aromatic rings. The molecule has 4 aliphatic rings. The predicted molar refractivity (Wildman–Crippen MR) is 189 cm³/mol. The zero-order chi connectivity index (χ0) is 43.3. The maximum atomic E-state index is 14.3. The average molecular weight is 824 g/mol. The van der Waals surface area contributed by atoms with Crippen LogP contribution in [0.2, 0.25) is 0 Å². The molecule has 3 fully saturated rings. The lowest BCUT2D eigenvalue weighted by molar-refractivity contribution is -0.172. The summed E-state index contributed by atoms with van der Waals surface area (Å²) in [7, 11) is 0. The van der Waals surface area contributed by atoms with Crippen molar-refractivity contribution < 1.29 is 60.4 Å². The van der Waals surface area contributed by atoms with Gasteiger partial charge in [-0.25, -0.2) is 27.2 Å². The fraction of sp³-hybridized carbons (Fsp3) is 0.657. The van der Waals surface area contributed by atoms with Gasteiger partial charge in [-0.3, -0.25) is 23.6 Å². The number of halogens is 6. The second kappa shape index (κ2) is 15.8. The molecule has 22 heteroatoms. The molecule has 0 unspecified atom stereocenters. The zero-order valence-electron chi connectivity index (χ0n) is 32.2. The van der Waals surface area contributed by atoms with Gasteiger partial charge in [-0.15, -0.1) is 0 Å². The minimum Gasteiger partial charge on any atom is -0.393 e. The van der Waals surface area contributed by atoms with E-state index in [1.165, 1.54) is 26.1 Å². The molecule has 0 spiro atoms. The summed E-state index contributed by atoms with van der Waals surface area (Å²) in [6, 6.07) is 2.45. The Bertz CT molecular complexity index is 1890. The Morgan fingerprint density at radius 1 is 0.737 bits per heavy atom. The first kappa shape index (κ1) is 45.3. The van der Waals surface area contributed by atoms with Crippen molar-refractivity contribution in [1.29, 1.82) is 0 Å². The van der Waals surface area contributed by atoms with Crippen LogP contribution in [0, 0.1) is 11.8 Å². The Morgan fingerprint density at radius 3 is 1.51 bits per heavy atom. The number of amides is 1. The molecule has 0 aromatic carbocycles. The number of aromatic nitrogens is 4. The normalized spacial score (nSPS) is 35.0. The molecule has 4 aliphatic heterocycles. The zero-order valence-corrected chi connectivity index (χ0v) is 32.2. The first-order valence-corrected chi connectivity index (χ1v) is 17.8. The number of hydrogen-bond donors (Lipinski definition) is 4. The topological polar surface area (TPSA) is 227 Å².